The van der Waals surface area contributed by atoms with Crippen molar-refractivity contribution in [2.75, 3.05) is 13.1 Å². The molecule has 1 aromatic rings. The third kappa shape index (κ3) is 2.71. The molecule has 1 saturated heterocycles. The molecule has 0 aliphatic carbocycles. The summed E-state index contributed by atoms with van der Waals surface area (Å²) in [5.41, 5.74) is 6.14. The van der Waals surface area contributed by atoms with Crippen molar-refractivity contribution in [1.29, 1.82) is 0 Å². The monoisotopic (exact) mass is 269 g/mol. The zero-order valence-corrected chi connectivity index (χ0v) is 11.4. The van der Waals surface area contributed by atoms with Gasteiger partial charge in [-0.1, -0.05) is 6.92 Å². The number of hydrogen-bond acceptors (Lipinski definition) is 4. The highest BCUT2D eigenvalue weighted by atomic mass is 32.2. The molecule has 1 aliphatic heterocycles. The van der Waals surface area contributed by atoms with Crippen LogP contribution in [0.5, 0.6) is 0 Å². The fraction of sp³-hybridized carbons (Fsp3) is 0.583. The van der Waals surface area contributed by atoms with Crippen LogP contribution >= 0.6 is 0 Å². The number of aromatic nitrogens is 1. The Kier molecular flexibility index (Phi) is 3.99. The van der Waals surface area contributed by atoms with Gasteiger partial charge in [-0.05, 0) is 30.9 Å². The molecule has 5 nitrogen and oxygen atoms in total. The van der Waals surface area contributed by atoms with E-state index in [1.54, 1.807) is 16.4 Å². The first-order valence-corrected chi connectivity index (χ1v) is 7.63. The maximum atomic E-state index is 12.3. The molecular weight excluding hydrogens is 250 g/mol. The van der Waals surface area contributed by atoms with Crippen LogP contribution in [-0.2, 0) is 16.6 Å². The average molecular weight is 269 g/mol. The van der Waals surface area contributed by atoms with Crippen LogP contribution in [-0.4, -0.2) is 30.8 Å². The Morgan fingerprint density at radius 1 is 1.39 bits per heavy atom. The van der Waals surface area contributed by atoms with Crippen LogP contribution in [0, 0.1) is 5.92 Å². The molecule has 1 aliphatic rings. The first kappa shape index (κ1) is 13.5. The summed E-state index contributed by atoms with van der Waals surface area (Å²) in [6.45, 7) is 3.67. The lowest BCUT2D eigenvalue weighted by molar-refractivity contribution is 0.288. The lowest BCUT2D eigenvalue weighted by Gasteiger charge is -2.29. The van der Waals surface area contributed by atoms with Gasteiger partial charge in [0.25, 0.3) is 0 Å². The molecule has 0 radical (unpaired) electrons. The highest BCUT2D eigenvalue weighted by Crippen LogP contribution is 2.22. The van der Waals surface area contributed by atoms with Crippen LogP contribution in [0.25, 0.3) is 0 Å². The van der Waals surface area contributed by atoms with Crippen LogP contribution < -0.4 is 5.73 Å². The fourth-order valence-electron chi connectivity index (χ4n) is 2.06. The van der Waals surface area contributed by atoms with Gasteiger partial charge in [-0.25, -0.2) is 8.42 Å². The normalized spacial score (nSPS) is 19.0. The number of sulfonamides is 1. The van der Waals surface area contributed by atoms with Crippen molar-refractivity contribution in [3.63, 3.8) is 0 Å². The zero-order valence-electron chi connectivity index (χ0n) is 10.5. The van der Waals surface area contributed by atoms with Gasteiger partial charge in [-0.3, -0.25) is 4.98 Å². The van der Waals surface area contributed by atoms with E-state index >= 15 is 0 Å². The standard InChI is InChI=1S/C12H19N3O2S/c1-10-4-6-15(7-5-10)18(16,17)12-3-2-11(8-13)14-9-12/h2-3,9-10H,4-8,13H2,1H3. The first-order chi connectivity index (χ1) is 8.54. The molecule has 0 bridgehead atoms. The predicted octanol–water partition coefficient (Wildman–Crippen LogP) is 0.961. The Hall–Kier alpha value is -0.980. The predicted molar refractivity (Wildman–Crippen MR) is 69.3 cm³/mol. The molecule has 0 amide bonds. The Labute approximate surface area is 108 Å². The van der Waals surface area contributed by atoms with Gasteiger partial charge in [0.2, 0.25) is 10.0 Å². The van der Waals surface area contributed by atoms with Crippen LogP contribution in [0.2, 0.25) is 0 Å². The third-order valence-corrected chi connectivity index (χ3v) is 5.27. The Bertz CT molecular complexity index is 491. The molecule has 1 aromatic heterocycles. The summed E-state index contributed by atoms with van der Waals surface area (Å²) >= 11 is 0. The van der Waals surface area contributed by atoms with Gasteiger partial charge < -0.3 is 5.73 Å². The number of nitrogens with two attached hydrogens (primary N) is 1. The van der Waals surface area contributed by atoms with Gasteiger partial charge in [-0.15, -0.1) is 0 Å². The third-order valence-electron chi connectivity index (χ3n) is 3.39. The second kappa shape index (κ2) is 5.34. The molecule has 2 rings (SSSR count). The van der Waals surface area contributed by atoms with E-state index in [1.807, 2.05) is 0 Å². The summed E-state index contributed by atoms with van der Waals surface area (Å²) in [6.07, 6.45) is 3.25. The van der Waals surface area contributed by atoms with E-state index in [9.17, 15) is 8.42 Å². The average Bonchev–Trinajstić information content (AvgIpc) is 2.39. The SMILES string of the molecule is CC1CCN(S(=O)(=O)c2ccc(CN)nc2)CC1. The van der Waals surface area contributed by atoms with Gasteiger partial charge in [0.15, 0.2) is 0 Å². The van der Waals surface area contributed by atoms with E-state index in [-0.39, 0.29) is 4.90 Å². The van der Waals surface area contributed by atoms with Crippen molar-refractivity contribution < 1.29 is 8.42 Å². The van der Waals surface area contributed by atoms with Crippen molar-refractivity contribution in [3.05, 3.63) is 24.0 Å². The summed E-state index contributed by atoms with van der Waals surface area (Å²) in [5, 5.41) is 0. The Morgan fingerprint density at radius 3 is 2.56 bits per heavy atom. The summed E-state index contributed by atoms with van der Waals surface area (Å²) in [7, 11) is -3.38. The van der Waals surface area contributed by atoms with Gasteiger partial charge in [0, 0.05) is 25.8 Å². The Balaban J connectivity index is 2.19. The molecule has 1 fully saturated rings. The summed E-state index contributed by atoms with van der Waals surface area (Å²) in [6, 6.07) is 3.25. The van der Waals surface area contributed by atoms with Gasteiger partial charge in [0.05, 0.1) is 5.69 Å². The molecule has 0 spiro atoms. The number of piperidine rings is 1. The van der Waals surface area contributed by atoms with Crippen molar-refractivity contribution in [2.24, 2.45) is 11.7 Å². The first-order valence-electron chi connectivity index (χ1n) is 6.19. The molecule has 0 saturated carbocycles. The van der Waals surface area contributed by atoms with E-state index in [4.69, 9.17) is 5.73 Å². The highest BCUT2D eigenvalue weighted by Gasteiger charge is 2.28. The lowest BCUT2D eigenvalue weighted by Crippen LogP contribution is -2.37. The van der Waals surface area contributed by atoms with Gasteiger partial charge >= 0.3 is 0 Å². The molecule has 2 heterocycles. The van der Waals surface area contributed by atoms with Crippen molar-refractivity contribution in [3.8, 4) is 0 Å². The van der Waals surface area contributed by atoms with E-state index in [1.165, 1.54) is 6.20 Å². The van der Waals surface area contributed by atoms with Crippen molar-refractivity contribution >= 4 is 10.0 Å². The summed E-state index contributed by atoms with van der Waals surface area (Å²) in [4.78, 5) is 4.30. The minimum atomic E-state index is -3.38. The van der Waals surface area contributed by atoms with Crippen LogP contribution in [0.4, 0.5) is 0 Å². The van der Waals surface area contributed by atoms with E-state index < -0.39 is 10.0 Å². The van der Waals surface area contributed by atoms with Gasteiger partial charge in [0.1, 0.15) is 4.90 Å². The second-order valence-corrected chi connectivity index (χ2v) is 6.71. The molecule has 2 N–H and O–H groups in total. The van der Waals surface area contributed by atoms with E-state index in [0.29, 0.717) is 31.2 Å². The zero-order chi connectivity index (χ0) is 13.2. The smallest absolute Gasteiger partial charge is 0.244 e. The molecule has 6 heteroatoms. The molecular formula is C12H19N3O2S. The van der Waals surface area contributed by atoms with E-state index in [0.717, 1.165) is 12.8 Å². The maximum absolute atomic E-state index is 12.3. The fourth-order valence-corrected chi connectivity index (χ4v) is 3.47. The highest BCUT2D eigenvalue weighted by molar-refractivity contribution is 7.89. The number of pyridine rings is 1. The Morgan fingerprint density at radius 2 is 2.06 bits per heavy atom. The maximum Gasteiger partial charge on any atom is 0.244 e. The summed E-state index contributed by atoms with van der Waals surface area (Å²) < 4.78 is 26.2. The summed E-state index contributed by atoms with van der Waals surface area (Å²) in [5.74, 6) is 0.606. The number of nitrogens with zero attached hydrogens (tertiary/aromatic N) is 2. The van der Waals surface area contributed by atoms with Crippen LogP contribution in [0.15, 0.2) is 23.2 Å². The molecule has 0 aromatic carbocycles. The van der Waals surface area contributed by atoms with Gasteiger partial charge in [-0.2, -0.15) is 4.31 Å². The largest absolute Gasteiger partial charge is 0.325 e. The number of hydrogen-bond donors (Lipinski definition) is 1. The molecule has 100 valence electrons. The minimum Gasteiger partial charge on any atom is -0.325 e. The lowest BCUT2D eigenvalue weighted by atomic mass is 10.0. The van der Waals surface area contributed by atoms with Crippen molar-refractivity contribution in [1.82, 2.24) is 9.29 Å². The molecule has 18 heavy (non-hydrogen) atoms. The quantitative estimate of drug-likeness (QED) is 0.886. The van der Waals surface area contributed by atoms with Crippen molar-refractivity contribution in [2.45, 2.75) is 31.2 Å². The number of rotatable bonds is 3. The molecule has 0 unspecified atom stereocenters. The van der Waals surface area contributed by atoms with Crippen LogP contribution in [0.3, 0.4) is 0 Å². The van der Waals surface area contributed by atoms with E-state index in [2.05, 4.69) is 11.9 Å². The topological polar surface area (TPSA) is 76.3 Å². The second-order valence-electron chi connectivity index (χ2n) is 4.78. The minimum absolute atomic E-state index is 0.259. The van der Waals surface area contributed by atoms with Crippen LogP contribution in [0.1, 0.15) is 25.5 Å². The molecule has 0 atom stereocenters.